The van der Waals surface area contributed by atoms with Gasteiger partial charge in [0.1, 0.15) is 5.82 Å². The fraction of sp³-hybridized carbons (Fsp3) is 0.353. The van der Waals surface area contributed by atoms with E-state index in [0.717, 1.165) is 36.3 Å². The zero-order valence-electron chi connectivity index (χ0n) is 14.2. The smallest absolute Gasteiger partial charge is 0.239 e. The highest BCUT2D eigenvalue weighted by Crippen LogP contribution is 2.30. The predicted molar refractivity (Wildman–Crippen MR) is 94.3 cm³/mol. The number of anilines is 1. The van der Waals surface area contributed by atoms with Gasteiger partial charge in [0.2, 0.25) is 11.9 Å². The highest BCUT2D eigenvalue weighted by atomic mass is 16.1. The molecule has 3 aromatic heterocycles. The molecule has 0 saturated carbocycles. The van der Waals surface area contributed by atoms with Crippen LogP contribution in [0.15, 0.2) is 30.6 Å². The van der Waals surface area contributed by atoms with Gasteiger partial charge in [-0.1, -0.05) is 6.07 Å². The van der Waals surface area contributed by atoms with Gasteiger partial charge in [0, 0.05) is 24.6 Å². The van der Waals surface area contributed by atoms with Gasteiger partial charge in [-0.2, -0.15) is 10.1 Å². The molecule has 0 aliphatic heterocycles. The molecule has 1 aliphatic rings. The van der Waals surface area contributed by atoms with Crippen molar-refractivity contribution in [2.75, 3.05) is 5.73 Å². The number of fused-ring (bicyclic) bond motifs is 1. The summed E-state index contributed by atoms with van der Waals surface area (Å²) in [7, 11) is 0. The average molecular weight is 352 g/mol. The predicted octanol–water partition coefficient (Wildman–Crippen LogP) is 1.09. The van der Waals surface area contributed by atoms with E-state index in [1.165, 1.54) is 0 Å². The molecule has 0 radical (unpaired) electrons. The molecular weight excluding hydrogens is 332 g/mol. The van der Waals surface area contributed by atoms with Crippen LogP contribution in [0, 0.1) is 0 Å². The number of aromatic nitrogens is 6. The van der Waals surface area contributed by atoms with Crippen molar-refractivity contribution in [3.05, 3.63) is 47.7 Å². The summed E-state index contributed by atoms with van der Waals surface area (Å²) < 4.78 is 1.87. The summed E-state index contributed by atoms with van der Waals surface area (Å²) in [6, 6.07) is 5.72. The van der Waals surface area contributed by atoms with Gasteiger partial charge in [0.15, 0.2) is 5.82 Å². The standard InChI is InChI=1S/C17H20N8O/c18-17-22-14(23-24-17)7-8-16(26)21-12-4-3-5-13-11(12)10-20-25(13)15-6-1-2-9-19-15/h1-2,6,9-10,12H,3-5,7-8H2,(H,21,26)(H3,18,22,23,24)/t12-/m1/s1. The number of aryl methyl sites for hydroxylation is 1. The maximum absolute atomic E-state index is 12.3. The minimum atomic E-state index is -0.0246. The summed E-state index contributed by atoms with van der Waals surface area (Å²) >= 11 is 0. The molecule has 26 heavy (non-hydrogen) atoms. The molecular formula is C17H20N8O. The molecule has 9 heteroatoms. The zero-order valence-corrected chi connectivity index (χ0v) is 14.2. The van der Waals surface area contributed by atoms with E-state index in [0.29, 0.717) is 18.7 Å². The van der Waals surface area contributed by atoms with Crippen molar-refractivity contribution in [1.82, 2.24) is 35.3 Å². The van der Waals surface area contributed by atoms with Crippen LogP contribution in [0.1, 0.15) is 42.4 Å². The molecule has 0 unspecified atom stereocenters. The largest absolute Gasteiger partial charge is 0.367 e. The summed E-state index contributed by atoms with van der Waals surface area (Å²) in [4.78, 5) is 20.7. The van der Waals surface area contributed by atoms with E-state index >= 15 is 0 Å². The van der Waals surface area contributed by atoms with Crippen molar-refractivity contribution in [2.24, 2.45) is 0 Å². The highest BCUT2D eigenvalue weighted by Gasteiger charge is 2.26. The number of amides is 1. The number of pyridine rings is 1. The van der Waals surface area contributed by atoms with Gasteiger partial charge in [0.25, 0.3) is 0 Å². The molecule has 9 nitrogen and oxygen atoms in total. The Balaban J connectivity index is 1.45. The van der Waals surface area contributed by atoms with E-state index in [1.54, 1.807) is 6.20 Å². The van der Waals surface area contributed by atoms with Gasteiger partial charge in [-0.3, -0.25) is 9.89 Å². The summed E-state index contributed by atoms with van der Waals surface area (Å²) in [6.45, 7) is 0. The number of nitrogens with zero attached hydrogens (tertiary/aromatic N) is 5. The van der Waals surface area contributed by atoms with Crippen LogP contribution in [-0.4, -0.2) is 35.9 Å². The van der Waals surface area contributed by atoms with Gasteiger partial charge in [0.05, 0.1) is 17.9 Å². The lowest BCUT2D eigenvalue weighted by Gasteiger charge is -2.24. The lowest BCUT2D eigenvalue weighted by molar-refractivity contribution is -0.121. The Bertz CT molecular complexity index is 901. The molecule has 1 amide bonds. The van der Waals surface area contributed by atoms with Crippen LogP contribution in [0.5, 0.6) is 0 Å². The van der Waals surface area contributed by atoms with E-state index in [2.05, 4.69) is 30.6 Å². The number of nitrogens with one attached hydrogen (secondary N) is 2. The van der Waals surface area contributed by atoms with Gasteiger partial charge < -0.3 is 11.1 Å². The zero-order chi connectivity index (χ0) is 17.9. The molecule has 134 valence electrons. The van der Waals surface area contributed by atoms with Gasteiger partial charge in [-0.25, -0.2) is 9.67 Å². The van der Waals surface area contributed by atoms with Gasteiger partial charge >= 0.3 is 0 Å². The molecule has 1 atom stereocenters. The number of nitrogens with two attached hydrogens (primary N) is 1. The van der Waals surface area contributed by atoms with Crippen LogP contribution < -0.4 is 11.1 Å². The third-order valence-electron chi connectivity index (χ3n) is 4.52. The minimum absolute atomic E-state index is 0.0245. The Morgan fingerprint density at radius 2 is 2.35 bits per heavy atom. The summed E-state index contributed by atoms with van der Waals surface area (Å²) in [5.41, 5.74) is 7.65. The van der Waals surface area contributed by atoms with Crippen LogP contribution in [0.4, 0.5) is 5.95 Å². The maximum Gasteiger partial charge on any atom is 0.239 e. The molecule has 3 heterocycles. The second kappa shape index (κ2) is 6.95. The molecule has 1 aliphatic carbocycles. The van der Waals surface area contributed by atoms with E-state index < -0.39 is 0 Å². The van der Waals surface area contributed by atoms with Crippen LogP contribution in [0.25, 0.3) is 5.82 Å². The lowest BCUT2D eigenvalue weighted by Crippen LogP contribution is -2.31. The van der Waals surface area contributed by atoms with Crippen molar-refractivity contribution in [3.63, 3.8) is 0 Å². The van der Waals surface area contributed by atoms with Crippen molar-refractivity contribution in [2.45, 2.75) is 38.1 Å². The van der Waals surface area contributed by atoms with Gasteiger partial charge in [-0.15, -0.1) is 5.10 Å². The molecule has 0 aromatic carbocycles. The summed E-state index contributed by atoms with van der Waals surface area (Å²) in [5, 5.41) is 14.1. The number of H-pyrrole nitrogens is 1. The second-order valence-corrected chi connectivity index (χ2v) is 6.30. The van der Waals surface area contributed by atoms with E-state index in [4.69, 9.17) is 5.73 Å². The Labute approximate surface area is 150 Å². The normalized spacial score (nSPS) is 16.2. The molecule has 0 saturated heterocycles. The Hall–Kier alpha value is -3.23. The maximum atomic E-state index is 12.3. The SMILES string of the molecule is Nc1n[nH]c(CCC(=O)N[C@@H]2CCCc3c2cnn3-c2ccccn2)n1. The summed E-state index contributed by atoms with van der Waals surface area (Å²) in [6.07, 6.45) is 7.22. The highest BCUT2D eigenvalue weighted by molar-refractivity contribution is 5.76. The van der Waals surface area contributed by atoms with Crippen molar-refractivity contribution < 1.29 is 4.79 Å². The number of rotatable bonds is 5. The van der Waals surface area contributed by atoms with Crippen LogP contribution in [0.2, 0.25) is 0 Å². The molecule has 0 spiro atoms. The van der Waals surface area contributed by atoms with E-state index in [1.807, 2.05) is 29.1 Å². The van der Waals surface area contributed by atoms with Crippen LogP contribution in [-0.2, 0) is 17.6 Å². The van der Waals surface area contributed by atoms with Gasteiger partial charge in [-0.05, 0) is 31.4 Å². The first-order valence-corrected chi connectivity index (χ1v) is 8.65. The number of aromatic amines is 1. The topological polar surface area (TPSA) is 127 Å². The number of carbonyl (C=O) groups excluding carboxylic acids is 1. The second-order valence-electron chi connectivity index (χ2n) is 6.30. The number of nitrogen functional groups attached to an aromatic ring is 1. The third-order valence-corrected chi connectivity index (χ3v) is 4.52. The number of hydrogen-bond acceptors (Lipinski definition) is 6. The molecule has 3 aromatic rings. The first-order chi connectivity index (χ1) is 12.7. The quantitative estimate of drug-likeness (QED) is 0.631. The Morgan fingerprint density at radius 3 is 3.12 bits per heavy atom. The van der Waals surface area contributed by atoms with Crippen LogP contribution in [0.3, 0.4) is 0 Å². The number of carbonyl (C=O) groups is 1. The summed E-state index contributed by atoms with van der Waals surface area (Å²) in [5.74, 6) is 1.58. The molecule has 4 N–H and O–H groups in total. The Kier molecular flexibility index (Phi) is 4.34. The van der Waals surface area contributed by atoms with E-state index in [9.17, 15) is 4.79 Å². The third kappa shape index (κ3) is 3.28. The lowest BCUT2D eigenvalue weighted by atomic mass is 9.93. The minimum Gasteiger partial charge on any atom is -0.367 e. The molecule has 0 bridgehead atoms. The van der Waals surface area contributed by atoms with E-state index in [-0.39, 0.29) is 17.9 Å². The fourth-order valence-corrected chi connectivity index (χ4v) is 3.30. The monoisotopic (exact) mass is 352 g/mol. The first-order valence-electron chi connectivity index (χ1n) is 8.65. The fourth-order valence-electron chi connectivity index (χ4n) is 3.30. The number of hydrogen-bond donors (Lipinski definition) is 3. The average Bonchev–Trinajstić information content (AvgIpc) is 3.27. The van der Waals surface area contributed by atoms with Crippen LogP contribution >= 0.6 is 0 Å². The molecule has 4 rings (SSSR count). The van der Waals surface area contributed by atoms with Crippen molar-refractivity contribution in [1.29, 1.82) is 0 Å². The van der Waals surface area contributed by atoms with Crippen molar-refractivity contribution in [3.8, 4) is 5.82 Å². The first kappa shape index (κ1) is 16.2. The Morgan fingerprint density at radius 1 is 1.42 bits per heavy atom. The molecule has 0 fully saturated rings. The van der Waals surface area contributed by atoms with Crippen molar-refractivity contribution >= 4 is 11.9 Å².